The number of benzene rings is 3. The van der Waals surface area contributed by atoms with E-state index in [0.29, 0.717) is 16.8 Å². The quantitative estimate of drug-likeness (QED) is 0.305. The maximum Gasteiger partial charge on any atom is 0.280 e. The highest BCUT2D eigenvalue weighted by Gasteiger charge is 2.24. The number of anilines is 1. The molecule has 0 unspecified atom stereocenters. The lowest BCUT2D eigenvalue weighted by atomic mass is 9.91. The van der Waals surface area contributed by atoms with Crippen LogP contribution >= 0.6 is 11.6 Å². The van der Waals surface area contributed by atoms with Gasteiger partial charge in [0.05, 0.1) is 0 Å². The first kappa shape index (κ1) is 25.4. The predicted molar refractivity (Wildman–Crippen MR) is 141 cm³/mol. The van der Waals surface area contributed by atoms with Gasteiger partial charge in [-0.3, -0.25) is 9.59 Å². The van der Waals surface area contributed by atoms with Crippen molar-refractivity contribution in [1.29, 1.82) is 0 Å². The Morgan fingerprint density at radius 3 is 2.14 bits per heavy atom. The Kier molecular flexibility index (Phi) is 8.33. The number of rotatable bonds is 5. The number of amides is 2. The zero-order valence-corrected chi connectivity index (χ0v) is 20.7. The molecule has 36 heavy (non-hydrogen) atoms. The van der Waals surface area contributed by atoms with Crippen LogP contribution in [0.4, 0.5) is 10.1 Å². The molecule has 0 atom stereocenters. The summed E-state index contributed by atoms with van der Waals surface area (Å²) in [5, 5.41) is 9.64. The van der Waals surface area contributed by atoms with Gasteiger partial charge in [-0.1, -0.05) is 47.5 Å². The number of guanidine groups is 1. The molecule has 0 aliphatic heterocycles. The van der Waals surface area contributed by atoms with Crippen LogP contribution in [-0.2, 0) is 0 Å². The Balaban J connectivity index is 1.43. The average Bonchev–Trinajstić information content (AvgIpc) is 2.85. The van der Waals surface area contributed by atoms with Crippen molar-refractivity contribution in [3.63, 3.8) is 0 Å². The average molecular weight is 507 g/mol. The Hall–Kier alpha value is -3.71. The van der Waals surface area contributed by atoms with Crippen LogP contribution in [0.25, 0.3) is 0 Å². The maximum absolute atomic E-state index is 13.9. The van der Waals surface area contributed by atoms with E-state index < -0.39 is 11.7 Å². The van der Waals surface area contributed by atoms with Crippen LogP contribution < -0.4 is 16.0 Å². The zero-order chi connectivity index (χ0) is 25.5. The van der Waals surface area contributed by atoms with E-state index in [1.807, 2.05) is 37.3 Å². The highest BCUT2D eigenvalue weighted by molar-refractivity contribution is 6.31. The normalized spacial score (nSPS) is 17.8. The maximum atomic E-state index is 13.9. The van der Waals surface area contributed by atoms with Crippen molar-refractivity contribution in [3.05, 3.63) is 100 Å². The fourth-order valence-electron chi connectivity index (χ4n) is 4.15. The second kappa shape index (κ2) is 11.8. The third-order valence-electron chi connectivity index (χ3n) is 6.08. The van der Waals surface area contributed by atoms with Crippen molar-refractivity contribution >= 4 is 35.1 Å². The van der Waals surface area contributed by atoms with Crippen molar-refractivity contribution in [2.75, 3.05) is 5.32 Å². The van der Waals surface area contributed by atoms with Gasteiger partial charge in [-0.25, -0.2) is 4.39 Å². The van der Waals surface area contributed by atoms with Gasteiger partial charge in [-0.15, -0.1) is 0 Å². The Labute approximate surface area is 215 Å². The molecule has 1 aliphatic rings. The van der Waals surface area contributed by atoms with Crippen LogP contribution in [0.3, 0.4) is 0 Å². The summed E-state index contributed by atoms with van der Waals surface area (Å²) in [4.78, 5) is 29.6. The molecule has 2 amide bonds. The summed E-state index contributed by atoms with van der Waals surface area (Å²) in [7, 11) is 0. The molecule has 3 aromatic carbocycles. The second-order valence-corrected chi connectivity index (χ2v) is 9.38. The number of hydrogen-bond acceptors (Lipinski definition) is 2. The van der Waals surface area contributed by atoms with Crippen LogP contribution in [0.15, 0.2) is 77.8 Å². The molecule has 1 saturated carbocycles. The van der Waals surface area contributed by atoms with Crippen LogP contribution in [0.1, 0.15) is 52.0 Å². The van der Waals surface area contributed by atoms with Gasteiger partial charge in [-0.05, 0) is 75.1 Å². The van der Waals surface area contributed by atoms with Crippen LogP contribution in [-0.4, -0.2) is 29.9 Å². The minimum absolute atomic E-state index is 0.0241. The molecule has 0 radical (unpaired) electrons. The van der Waals surface area contributed by atoms with Gasteiger partial charge >= 0.3 is 0 Å². The van der Waals surface area contributed by atoms with E-state index in [1.165, 1.54) is 12.1 Å². The van der Waals surface area contributed by atoms with E-state index in [9.17, 15) is 14.0 Å². The molecule has 0 heterocycles. The molecule has 1 fully saturated rings. The minimum atomic E-state index is -0.496. The fourth-order valence-corrected chi connectivity index (χ4v) is 4.38. The number of aryl methyl sites for hydroxylation is 1. The first-order chi connectivity index (χ1) is 17.4. The van der Waals surface area contributed by atoms with E-state index in [4.69, 9.17) is 11.6 Å². The SMILES string of the molecule is Cc1ccc(C(=O)/N=C(/Nc2cc(F)cc(Cl)c2)NC2CCC(NC(=O)c3ccccc3)CC2)cc1. The number of carbonyl (C=O) groups is 2. The summed E-state index contributed by atoms with van der Waals surface area (Å²) in [6.07, 6.45) is 3.09. The molecule has 0 spiro atoms. The molecular formula is C28H28ClFN4O2. The summed E-state index contributed by atoms with van der Waals surface area (Å²) in [5.74, 6) is -0.776. The zero-order valence-electron chi connectivity index (χ0n) is 19.9. The van der Waals surface area contributed by atoms with E-state index in [1.54, 1.807) is 30.3 Å². The number of aliphatic imine (C=N–C) groups is 1. The molecule has 186 valence electrons. The van der Waals surface area contributed by atoms with Gasteiger partial charge in [0.25, 0.3) is 11.8 Å². The molecule has 4 rings (SSSR count). The van der Waals surface area contributed by atoms with Gasteiger partial charge < -0.3 is 16.0 Å². The van der Waals surface area contributed by atoms with Gasteiger partial charge in [0.15, 0.2) is 0 Å². The van der Waals surface area contributed by atoms with Gasteiger partial charge in [0, 0.05) is 33.9 Å². The topological polar surface area (TPSA) is 82.6 Å². The second-order valence-electron chi connectivity index (χ2n) is 8.95. The molecule has 0 aromatic heterocycles. The Bertz CT molecular complexity index is 1220. The molecule has 8 heteroatoms. The lowest BCUT2D eigenvalue weighted by molar-refractivity contribution is 0.0923. The lowest BCUT2D eigenvalue weighted by Crippen LogP contribution is -2.45. The number of carbonyl (C=O) groups excluding carboxylic acids is 2. The largest absolute Gasteiger partial charge is 0.353 e. The van der Waals surface area contributed by atoms with Crippen LogP contribution in [0.5, 0.6) is 0 Å². The van der Waals surface area contributed by atoms with E-state index in [2.05, 4.69) is 20.9 Å². The van der Waals surface area contributed by atoms with Gasteiger partial charge in [0.2, 0.25) is 5.96 Å². The van der Waals surface area contributed by atoms with E-state index in [0.717, 1.165) is 31.2 Å². The summed E-state index contributed by atoms with van der Waals surface area (Å²) >= 11 is 6.00. The van der Waals surface area contributed by atoms with Crippen molar-refractivity contribution < 1.29 is 14.0 Å². The van der Waals surface area contributed by atoms with Crippen molar-refractivity contribution in [2.45, 2.75) is 44.7 Å². The molecule has 1 aliphatic carbocycles. The van der Waals surface area contributed by atoms with Crippen LogP contribution in [0.2, 0.25) is 5.02 Å². The highest BCUT2D eigenvalue weighted by atomic mass is 35.5. The molecule has 3 aromatic rings. The highest BCUT2D eigenvalue weighted by Crippen LogP contribution is 2.21. The number of hydrogen-bond donors (Lipinski definition) is 3. The van der Waals surface area contributed by atoms with Gasteiger partial charge in [-0.2, -0.15) is 4.99 Å². The Morgan fingerprint density at radius 2 is 1.50 bits per heavy atom. The van der Waals surface area contributed by atoms with Crippen molar-refractivity contribution in [3.8, 4) is 0 Å². The molecule has 0 saturated heterocycles. The van der Waals surface area contributed by atoms with Crippen LogP contribution in [0, 0.1) is 12.7 Å². The molecular weight excluding hydrogens is 479 g/mol. The van der Waals surface area contributed by atoms with Crippen molar-refractivity contribution in [2.24, 2.45) is 4.99 Å². The molecule has 0 bridgehead atoms. The lowest BCUT2D eigenvalue weighted by Gasteiger charge is -2.30. The van der Waals surface area contributed by atoms with Gasteiger partial charge in [0.1, 0.15) is 5.82 Å². The Morgan fingerprint density at radius 1 is 0.861 bits per heavy atom. The standard InChI is InChI=1S/C28H28ClFN4O2/c1-18-7-9-20(10-8-18)27(36)34-28(33-25-16-21(29)15-22(30)17-25)32-24-13-11-23(12-14-24)31-26(35)19-5-3-2-4-6-19/h2-10,15-17,23-24H,11-14H2,1H3,(H,31,35)(H2,32,33,34,36). The molecule has 3 N–H and O–H groups in total. The number of nitrogens with zero attached hydrogens (tertiary/aromatic N) is 1. The fraction of sp³-hybridized carbons (Fsp3) is 0.250. The molecule has 6 nitrogen and oxygen atoms in total. The summed E-state index contributed by atoms with van der Waals surface area (Å²) in [5.41, 5.74) is 2.51. The summed E-state index contributed by atoms with van der Waals surface area (Å²) < 4.78 is 13.9. The monoisotopic (exact) mass is 506 g/mol. The summed E-state index contributed by atoms with van der Waals surface area (Å²) in [6, 6.07) is 20.4. The minimum Gasteiger partial charge on any atom is -0.353 e. The number of halogens is 2. The first-order valence-electron chi connectivity index (χ1n) is 11.9. The first-order valence-corrected chi connectivity index (χ1v) is 12.3. The van der Waals surface area contributed by atoms with Crippen molar-refractivity contribution in [1.82, 2.24) is 10.6 Å². The third-order valence-corrected chi connectivity index (χ3v) is 6.29. The third kappa shape index (κ3) is 7.15. The predicted octanol–water partition coefficient (Wildman–Crippen LogP) is 5.73. The summed E-state index contributed by atoms with van der Waals surface area (Å²) in [6.45, 7) is 1.94. The van der Waals surface area contributed by atoms with E-state index >= 15 is 0 Å². The number of nitrogens with one attached hydrogen (secondary N) is 3. The van der Waals surface area contributed by atoms with E-state index in [-0.39, 0.29) is 29.0 Å². The smallest absolute Gasteiger partial charge is 0.280 e.